The summed E-state index contributed by atoms with van der Waals surface area (Å²) in [5.74, 6) is 1.92. The van der Waals surface area contributed by atoms with Gasteiger partial charge in [-0.15, -0.1) is 0 Å². The molecule has 0 aliphatic carbocycles. The van der Waals surface area contributed by atoms with Crippen LogP contribution in [0.1, 0.15) is 36.5 Å². The van der Waals surface area contributed by atoms with Crippen molar-refractivity contribution >= 4 is 11.7 Å². The molecule has 0 saturated carbocycles. The summed E-state index contributed by atoms with van der Waals surface area (Å²) < 4.78 is 5.29. The minimum Gasteiger partial charge on any atom is -0.378 e. The maximum absolute atomic E-state index is 12.4. The molecule has 0 N–H and O–H groups in total. The topological polar surface area (TPSA) is 45.7 Å². The Balaban J connectivity index is 1.61. The van der Waals surface area contributed by atoms with Crippen LogP contribution >= 0.6 is 0 Å². The number of rotatable bonds is 3. The first kappa shape index (κ1) is 15.3. The quantitative estimate of drug-likeness (QED) is 0.858. The second-order valence-electron chi connectivity index (χ2n) is 6.15. The number of nitrogens with zero attached hydrogens (tertiary/aromatic N) is 3. The summed E-state index contributed by atoms with van der Waals surface area (Å²) >= 11 is 0. The van der Waals surface area contributed by atoms with Gasteiger partial charge in [-0.05, 0) is 30.9 Å². The van der Waals surface area contributed by atoms with E-state index in [-0.39, 0.29) is 5.91 Å². The van der Waals surface area contributed by atoms with Gasteiger partial charge in [-0.25, -0.2) is 4.98 Å². The van der Waals surface area contributed by atoms with Crippen molar-refractivity contribution in [1.82, 2.24) is 9.88 Å². The van der Waals surface area contributed by atoms with Gasteiger partial charge in [-0.2, -0.15) is 0 Å². The molecular formula is C17H25N3O2. The first-order chi connectivity index (χ1) is 10.8. The van der Waals surface area contributed by atoms with E-state index in [1.807, 2.05) is 17.0 Å². The first-order valence-electron chi connectivity index (χ1n) is 8.36. The lowest BCUT2D eigenvalue weighted by Gasteiger charge is -2.32. The molecule has 0 atom stereocenters. The van der Waals surface area contributed by atoms with Crippen molar-refractivity contribution in [3.8, 4) is 0 Å². The Morgan fingerprint density at radius 3 is 2.55 bits per heavy atom. The Bertz CT molecular complexity index is 489. The number of piperidine rings is 1. The molecule has 5 nitrogen and oxygen atoms in total. The van der Waals surface area contributed by atoms with Gasteiger partial charge in [0.15, 0.2) is 0 Å². The molecule has 120 valence electrons. The molecule has 1 aromatic rings. The number of carbonyl (C=O) groups is 1. The Hall–Kier alpha value is -1.62. The molecule has 0 aromatic carbocycles. The molecule has 0 unspecified atom stereocenters. The zero-order valence-corrected chi connectivity index (χ0v) is 13.3. The zero-order valence-electron chi connectivity index (χ0n) is 13.3. The highest BCUT2D eigenvalue weighted by atomic mass is 16.5. The molecule has 0 bridgehead atoms. The molecule has 3 rings (SSSR count). The Kier molecular flexibility index (Phi) is 4.93. The van der Waals surface area contributed by atoms with Gasteiger partial charge >= 0.3 is 0 Å². The van der Waals surface area contributed by atoms with E-state index in [9.17, 15) is 4.79 Å². The minimum atomic E-state index is 0.0621. The summed E-state index contributed by atoms with van der Waals surface area (Å²) in [4.78, 5) is 21.1. The average molecular weight is 303 g/mol. The number of ether oxygens (including phenoxy) is 1. The summed E-state index contributed by atoms with van der Waals surface area (Å²) in [6.07, 6.45) is 5.48. The molecule has 2 saturated heterocycles. The molecule has 1 aromatic heterocycles. The van der Waals surface area contributed by atoms with Crippen molar-refractivity contribution in [1.29, 1.82) is 0 Å². The van der Waals surface area contributed by atoms with Crippen molar-refractivity contribution < 1.29 is 9.53 Å². The average Bonchev–Trinajstić information content (AvgIpc) is 2.62. The third-order valence-corrected chi connectivity index (χ3v) is 4.81. The summed E-state index contributed by atoms with van der Waals surface area (Å²) in [6, 6.07) is 3.89. The Morgan fingerprint density at radius 2 is 1.95 bits per heavy atom. The van der Waals surface area contributed by atoms with Crippen molar-refractivity contribution in [3.63, 3.8) is 0 Å². The molecule has 2 fully saturated rings. The van der Waals surface area contributed by atoms with Gasteiger partial charge in [0.1, 0.15) is 5.82 Å². The van der Waals surface area contributed by atoms with Crippen LogP contribution in [0.25, 0.3) is 0 Å². The molecule has 22 heavy (non-hydrogen) atoms. The van der Waals surface area contributed by atoms with Crippen molar-refractivity contribution in [3.05, 3.63) is 23.9 Å². The van der Waals surface area contributed by atoms with Crippen LogP contribution in [-0.4, -0.2) is 55.2 Å². The first-order valence-corrected chi connectivity index (χ1v) is 8.36. The van der Waals surface area contributed by atoms with Gasteiger partial charge in [0.05, 0.1) is 18.8 Å². The van der Waals surface area contributed by atoms with Gasteiger partial charge in [-0.3, -0.25) is 4.79 Å². The smallest absolute Gasteiger partial charge is 0.255 e. The van der Waals surface area contributed by atoms with E-state index >= 15 is 0 Å². The highest BCUT2D eigenvalue weighted by Gasteiger charge is 2.21. The SMILES string of the molecule is CCC1CCN(c2ccc(C(=O)N3CCOCC3)cn2)CC1. The number of aromatic nitrogens is 1. The van der Waals surface area contributed by atoms with Crippen LogP contribution in [-0.2, 0) is 4.74 Å². The third kappa shape index (κ3) is 3.40. The van der Waals surface area contributed by atoms with Gasteiger partial charge in [0.2, 0.25) is 0 Å². The van der Waals surface area contributed by atoms with Crippen LogP contribution in [0.4, 0.5) is 5.82 Å². The van der Waals surface area contributed by atoms with Gasteiger partial charge < -0.3 is 14.5 Å². The van der Waals surface area contributed by atoms with Crippen molar-refractivity contribution in [2.75, 3.05) is 44.3 Å². The molecule has 2 aliphatic heterocycles. The number of morpholine rings is 1. The highest BCUT2D eigenvalue weighted by Crippen LogP contribution is 2.23. The van der Waals surface area contributed by atoms with E-state index in [1.54, 1.807) is 6.20 Å². The number of hydrogen-bond donors (Lipinski definition) is 0. The molecular weight excluding hydrogens is 278 g/mol. The lowest BCUT2D eigenvalue weighted by Crippen LogP contribution is -2.40. The standard InChI is InChI=1S/C17H25N3O2/c1-2-14-5-7-19(8-6-14)16-4-3-15(13-18-16)17(21)20-9-11-22-12-10-20/h3-4,13-14H,2,5-12H2,1H3. The maximum Gasteiger partial charge on any atom is 0.255 e. The highest BCUT2D eigenvalue weighted by molar-refractivity contribution is 5.94. The number of carbonyl (C=O) groups excluding carboxylic acids is 1. The zero-order chi connectivity index (χ0) is 15.4. The lowest BCUT2D eigenvalue weighted by molar-refractivity contribution is 0.0302. The van der Waals surface area contributed by atoms with Crippen LogP contribution in [0.3, 0.4) is 0 Å². The predicted octanol–water partition coefficient (Wildman–Crippen LogP) is 2.18. The normalized spacial score (nSPS) is 20.2. The van der Waals surface area contributed by atoms with Gasteiger partial charge in [0.25, 0.3) is 5.91 Å². The minimum absolute atomic E-state index is 0.0621. The van der Waals surface area contributed by atoms with E-state index in [0.29, 0.717) is 31.9 Å². The molecule has 5 heteroatoms. The maximum atomic E-state index is 12.4. The summed E-state index contributed by atoms with van der Waals surface area (Å²) in [6.45, 7) is 7.01. The fraction of sp³-hybridized carbons (Fsp3) is 0.647. The van der Waals surface area contributed by atoms with Crippen LogP contribution in [0.15, 0.2) is 18.3 Å². The van der Waals surface area contributed by atoms with E-state index in [2.05, 4.69) is 16.8 Å². The monoisotopic (exact) mass is 303 g/mol. The second kappa shape index (κ2) is 7.09. The van der Waals surface area contributed by atoms with Gasteiger partial charge in [-0.1, -0.05) is 13.3 Å². The second-order valence-corrected chi connectivity index (χ2v) is 6.15. The van der Waals surface area contributed by atoms with E-state index < -0.39 is 0 Å². The van der Waals surface area contributed by atoms with Crippen molar-refractivity contribution in [2.24, 2.45) is 5.92 Å². The predicted molar refractivity (Wildman–Crippen MR) is 86.2 cm³/mol. The van der Waals surface area contributed by atoms with E-state index in [0.717, 1.165) is 24.8 Å². The van der Waals surface area contributed by atoms with Crippen LogP contribution in [0, 0.1) is 5.92 Å². The fourth-order valence-electron chi connectivity index (χ4n) is 3.22. The third-order valence-electron chi connectivity index (χ3n) is 4.81. The number of anilines is 1. The molecule has 0 radical (unpaired) electrons. The summed E-state index contributed by atoms with van der Waals surface area (Å²) in [7, 11) is 0. The van der Waals surface area contributed by atoms with Crippen LogP contribution in [0.2, 0.25) is 0 Å². The van der Waals surface area contributed by atoms with Gasteiger partial charge in [0, 0.05) is 32.4 Å². The molecule has 2 aliphatic rings. The number of amides is 1. The molecule has 1 amide bonds. The van der Waals surface area contributed by atoms with Crippen molar-refractivity contribution in [2.45, 2.75) is 26.2 Å². The number of pyridine rings is 1. The Morgan fingerprint density at radius 1 is 1.23 bits per heavy atom. The van der Waals surface area contributed by atoms with Crippen LogP contribution in [0.5, 0.6) is 0 Å². The van der Waals surface area contributed by atoms with Crippen LogP contribution < -0.4 is 4.90 Å². The molecule has 3 heterocycles. The Labute approximate surface area is 132 Å². The summed E-state index contributed by atoms with van der Waals surface area (Å²) in [5, 5.41) is 0. The largest absolute Gasteiger partial charge is 0.378 e. The fourth-order valence-corrected chi connectivity index (χ4v) is 3.22. The molecule has 0 spiro atoms. The summed E-state index contributed by atoms with van der Waals surface area (Å²) in [5.41, 5.74) is 0.675. The number of hydrogen-bond acceptors (Lipinski definition) is 4. The van der Waals surface area contributed by atoms with E-state index in [4.69, 9.17) is 4.74 Å². The van der Waals surface area contributed by atoms with E-state index in [1.165, 1.54) is 19.3 Å². The lowest BCUT2D eigenvalue weighted by atomic mass is 9.94.